The zero-order valence-electron chi connectivity index (χ0n) is 9.72. The molecule has 3 N–H and O–H groups in total. The Kier molecular flexibility index (Phi) is 3.53. The molecule has 2 heterocycles. The molecule has 0 saturated carbocycles. The molecule has 1 aromatic rings. The highest BCUT2D eigenvalue weighted by Crippen LogP contribution is 2.19. The number of piperidine rings is 1. The number of primary amides is 1. The summed E-state index contributed by atoms with van der Waals surface area (Å²) in [5.74, 6) is 0.0176. The van der Waals surface area contributed by atoms with Crippen molar-refractivity contribution in [3.8, 4) is 5.88 Å². The van der Waals surface area contributed by atoms with Crippen molar-refractivity contribution in [3.63, 3.8) is 0 Å². The van der Waals surface area contributed by atoms with Crippen LogP contribution in [0.15, 0.2) is 12.4 Å². The van der Waals surface area contributed by atoms with Crippen LogP contribution in [0.3, 0.4) is 0 Å². The van der Waals surface area contributed by atoms with Crippen molar-refractivity contribution < 1.29 is 9.53 Å². The molecule has 0 aromatic carbocycles. The Labute approximate surface area is 99.6 Å². The minimum Gasteiger partial charge on any atom is -0.471 e. The third-order valence-corrected chi connectivity index (χ3v) is 2.92. The van der Waals surface area contributed by atoms with E-state index < -0.39 is 5.91 Å². The largest absolute Gasteiger partial charge is 0.471 e. The minimum absolute atomic E-state index is 0.00134. The van der Waals surface area contributed by atoms with E-state index in [9.17, 15) is 4.79 Å². The summed E-state index contributed by atoms with van der Waals surface area (Å²) >= 11 is 0. The molecule has 2 unspecified atom stereocenters. The summed E-state index contributed by atoms with van der Waals surface area (Å²) in [5.41, 5.74) is 5.31. The lowest BCUT2D eigenvalue weighted by Gasteiger charge is -2.29. The highest BCUT2D eigenvalue weighted by Gasteiger charge is 2.25. The zero-order chi connectivity index (χ0) is 12.3. The van der Waals surface area contributed by atoms with Crippen molar-refractivity contribution >= 4 is 5.91 Å². The molecule has 2 rings (SSSR count). The first-order valence-corrected chi connectivity index (χ1v) is 5.66. The summed E-state index contributed by atoms with van der Waals surface area (Å²) in [6.07, 6.45) is 3.95. The van der Waals surface area contributed by atoms with Gasteiger partial charge in [0.15, 0.2) is 5.69 Å². The summed E-state index contributed by atoms with van der Waals surface area (Å²) < 4.78 is 5.72. The van der Waals surface area contributed by atoms with Crippen molar-refractivity contribution in [2.45, 2.75) is 19.4 Å². The van der Waals surface area contributed by atoms with Gasteiger partial charge in [-0.25, -0.2) is 9.97 Å². The van der Waals surface area contributed by atoms with Gasteiger partial charge in [-0.15, -0.1) is 0 Å². The molecule has 1 amide bonds. The van der Waals surface area contributed by atoms with Gasteiger partial charge in [0.1, 0.15) is 6.10 Å². The van der Waals surface area contributed by atoms with Crippen LogP contribution < -0.4 is 15.8 Å². The zero-order valence-corrected chi connectivity index (χ0v) is 9.72. The smallest absolute Gasteiger partial charge is 0.272 e. The van der Waals surface area contributed by atoms with Crippen LogP contribution in [-0.4, -0.2) is 35.1 Å². The van der Waals surface area contributed by atoms with Gasteiger partial charge in [0.25, 0.3) is 5.91 Å². The van der Waals surface area contributed by atoms with Gasteiger partial charge >= 0.3 is 0 Å². The van der Waals surface area contributed by atoms with Crippen molar-refractivity contribution in [3.05, 3.63) is 18.1 Å². The summed E-state index contributed by atoms with van der Waals surface area (Å²) in [4.78, 5) is 19.1. The SMILES string of the molecule is CC1CCNCC1Oc1nccnc1C(N)=O. The molecule has 0 bridgehead atoms. The number of ether oxygens (including phenoxy) is 1. The van der Waals surface area contributed by atoms with Crippen molar-refractivity contribution in [2.75, 3.05) is 13.1 Å². The van der Waals surface area contributed by atoms with E-state index in [1.165, 1.54) is 12.4 Å². The molecule has 92 valence electrons. The lowest BCUT2D eigenvalue weighted by Crippen LogP contribution is -2.43. The highest BCUT2D eigenvalue weighted by molar-refractivity contribution is 5.92. The first kappa shape index (κ1) is 11.8. The number of nitrogens with one attached hydrogen (secondary N) is 1. The fourth-order valence-electron chi connectivity index (χ4n) is 1.84. The number of carbonyl (C=O) groups is 1. The van der Waals surface area contributed by atoms with Gasteiger partial charge in [0.2, 0.25) is 5.88 Å². The molecule has 0 radical (unpaired) electrons. The van der Waals surface area contributed by atoms with Crippen LogP contribution in [0.5, 0.6) is 5.88 Å². The Hall–Kier alpha value is -1.69. The Morgan fingerprint density at radius 2 is 2.29 bits per heavy atom. The molecule has 17 heavy (non-hydrogen) atoms. The summed E-state index contributed by atoms with van der Waals surface area (Å²) in [5, 5.41) is 3.24. The van der Waals surface area contributed by atoms with Gasteiger partial charge in [-0.05, 0) is 18.9 Å². The van der Waals surface area contributed by atoms with E-state index in [1.807, 2.05) is 0 Å². The fraction of sp³-hybridized carbons (Fsp3) is 0.545. The van der Waals surface area contributed by atoms with E-state index in [4.69, 9.17) is 10.5 Å². The van der Waals surface area contributed by atoms with E-state index in [-0.39, 0.29) is 17.7 Å². The molecule has 0 spiro atoms. The summed E-state index contributed by atoms with van der Waals surface area (Å²) in [6.45, 7) is 3.85. The fourth-order valence-corrected chi connectivity index (χ4v) is 1.84. The monoisotopic (exact) mass is 236 g/mol. The maximum absolute atomic E-state index is 11.2. The number of nitrogens with zero attached hydrogens (tertiary/aromatic N) is 2. The molecule has 1 aromatic heterocycles. The van der Waals surface area contributed by atoms with E-state index >= 15 is 0 Å². The predicted octanol–water partition coefficient (Wildman–Crippen LogP) is -0.0477. The minimum atomic E-state index is -0.621. The Morgan fingerprint density at radius 3 is 3.00 bits per heavy atom. The second kappa shape index (κ2) is 5.09. The molecule has 6 heteroatoms. The van der Waals surface area contributed by atoms with Crippen LogP contribution in [0.1, 0.15) is 23.8 Å². The Morgan fingerprint density at radius 1 is 1.53 bits per heavy atom. The molecule has 1 fully saturated rings. The quantitative estimate of drug-likeness (QED) is 0.768. The summed E-state index contributed by atoms with van der Waals surface area (Å²) in [6, 6.07) is 0. The lowest BCUT2D eigenvalue weighted by atomic mass is 9.97. The molecule has 1 aliphatic heterocycles. The first-order valence-electron chi connectivity index (χ1n) is 5.66. The molecule has 1 saturated heterocycles. The molecule has 2 atom stereocenters. The van der Waals surface area contributed by atoms with Crippen LogP contribution in [-0.2, 0) is 0 Å². The van der Waals surface area contributed by atoms with E-state index in [2.05, 4.69) is 22.2 Å². The van der Waals surface area contributed by atoms with Gasteiger partial charge < -0.3 is 15.8 Å². The van der Waals surface area contributed by atoms with Crippen LogP contribution >= 0.6 is 0 Å². The predicted molar refractivity (Wildman–Crippen MR) is 61.6 cm³/mol. The number of nitrogens with two attached hydrogens (primary N) is 1. The second-order valence-corrected chi connectivity index (χ2v) is 4.20. The summed E-state index contributed by atoms with van der Waals surface area (Å²) in [7, 11) is 0. The van der Waals surface area contributed by atoms with Crippen LogP contribution in [0.4, 0.5) is 0 Å². The number of hydrogen-bond donors (Lipinski definition) is 2. The Balaban J connectivity index is 2.14. The van der Waals surface area contributed by atoms with E-state index in [1.54, 1.807) is 0 Å². The molecular weight excluding hydrogens is 220 g/mol. The first-order chi connectivity index (χ1) is 8.18. The van der Waals surface area contributed by atoms with Gasteiger partial charge in [-0.1, -0.05) is 6.92 Å². The van der Waals surface area contributed by atoms with Gasteiger partial charge in [0.05, 0.1) is 0 Å². The number of carbonyl (C=O) groups excluding carboxylic acids is 1. The molecule has 1 aliphatic rings. The third kappa shape index (κ3) is 2.71. The average molecular weight is 236 g/mol. The maximum Gasteiger partial charge on any atom is 0.272 e. The Bertz CT molecular complexity index is 410. The standard InChI is InChI=1S/C11H16N4O2/c1-7-2-3-13-6-8(7)17-11-9(10(12)16)14-4-5-15-11/h4-5,7-8,13H,2-3,6H2,1H3,(H2,12,16). The lowest BCUT2D eigenvalue weighted by molar-refractivity contribution is 0.0943. The normalized spacial score (nSPS) is 24.3. The van der Waals surface area contributed by atoms with Crippen molar-refractivity contribution in [1.29, 1.82) is 0 Å². The molecular formula is C11H16N4O2. The number of aromatic nitrogens is 2. The molecule has 6 nitrogen and oxygen atoms in total. The van der Waals surface area contributed by atoms with Crippen LogP contribution in [0.25, 0.3) is 0 Å². The number of amides is 1. The second-order valence-electron chi connectivity index (χ2n) is 4.20. The topological polar surface area (TPSA) is 90.1 Å². The third-order valence-electron chi connectivity index (χ3n) is 2.92. The van der Waals surface area contributed by atoms with Crippen molar-refractivity contribution in [1.82, 2.24) is 15.3 Å². The van der Waals surface area contributed by atoms with E-state index in [0.29, 0.717) is 5.92 Å². The average Bonchev–Trinajstić information content (AvgIpc) is 2.32. The van der Waals surface area contributed by atoms with Gasteiger partial charge in [-0.2, -0.15) is 0 Å². The van der Waals surface area contributed by atoms with Gasteiger partial charge in [-0.3, -0.25) is 4.79 Å². The number of hydrogen-bond acceptors (Lipinski definition) is 5. The molecule has 0 aliphatic carbocycles. The van der Waals surface area contributed by atoms with Crippen LogP contribution in [0, 0.1) is 5.92 Å². The van der Waals surface area contributed by atoms with E-state index in [0.717, 1.165) is 19.5 Å². The van der Waals surface area contributed by atoms with Crippen molar-refractivity contribution in [2.24, 2.45) is 11.7 Å². The maximum atomic E-state index is 11.2. The van der Waals surface area contributed by atoms with Gasteiger partial charge in [0, 0.05) is 18.9 Å². The highest BCUT2D eigenvalue weighted by atomic mass is 16.5. The number of rotatable bonds is 3. The van der Waals surface area contributed by atoms with Crippen LogP contribution in [0.2, 0.25) is 0 Å².